The summed E-state index contributed by atoms with van der Waals surface area (Å²) in [4.78, 5) is 16.8. The molecule has 0 atom stereocenters. The first-order chi connectivity index (χ1) is 10.2. The van der Waals surface area contributed by atoms with Crippen molar-refractivity contribution in [1.29, 1.82) is 0 Å². The van der Waals surface area contributed by atoms with Gasteiger partial charge < -0.3 is 10.2 Å². The molecule has 21 heavy (non-hydrogen) atoms. The smallest absolute Gasteiger partial charge is 0.271 e. The predicted octanol–water partition coefficient (Wildman–Crippen LogP) is 0.730. The number of carbonyl (C=O) groups excluding carboxylic acids is 1. The minimum atomic E-state index is -0.0826. The normalized spacial score (nSPS) is 17.0. The van der Waals surface area contributed by atoms with Crippen molar-refractivity contribution < 1.29 is 4.79 Å². The van der Waals surface area contributed by atoms with Gasteiger partial charge in [0.2, 0.25) is 0 Å². The summed E-state index contributed by atoms with van der Waals surface area (Å²) in [5.41, 5.74) is 1.52. The van der Waals surface area contributed by atoms with Gasteiger partial charge in [-0.25, -0.2) is 0 Å². The molecule has 2 rings (SSSR count). The van der Waals surface area contributed by atoms with E-state index in [4.69, 9.17) is 0 Å². The van der Waals surface area contributed by atoms with E-state index in [0.717, 1.165) is 57.8 Å². The Morgan fingerprint density at radius 1 is 1.29 bits per heavy atom. The van der Waals surface area contributed by atoms with Crippen LogP contribution >= 0.6 is 0 Å². The lowest BCUT2D eigenvalue weighted by Gasteiger charge is -2.33. The summed E-state index contributed by atoms with van der Waals surface area (Å²) in [6.45, 7) is 11.5. The minimum absolute atomic E-state index is 0.0826. The average molecular weight is 293 g/mol. The lowest BCUT2D eigenvalue weighted by Crippen LogP contribution is -2.48. The summed E-state index contributed by atoms with van der Waals surface area (Å²) in [5, 5.41) is 9.93. The monoisotopic (exact) mass is 293 g/mol. The Morgan fingerprint density at radius 3 is 2.67 bits per heavy atom. The molecule has 1 aliphatic rings. The van der Waals surface area contributed by atoms with Crippen molar-refractivity contribution in [2.45, 2.75) is 26.7 Å². The zero-order valence-electron chi connectivity index (χ0n) is 13.2. The van der Waals surface area contributed by atoms with Crippen LogP contribution in [0.1, 0.15) is 36.5 Å². The number of hydrogen-bond acceptors (Lipinski definition) is 4. The highest BCUT2D eigenvalue weighted by atomic mass is 16.1. The molecule has 0 aromatic carbocycles. The van der Waals surface area contributed by atoms with Crippen molar-refractivity contribution in [3.8, 4) is 0 Å². The van der Waals surface area contributed by atoms with Gasteiger partial charge in [0.05, 0.1) is 0 Å². The number of amides is 1. The number of carbonyl (C=O) groups is 1. The summed E-state index contributed by atoms with van der Waals surface area (Å²) in [6, 6.07) is 1.85. The van der Waals surface area contributed by atoms with Gasteiger partial charge in [-0.3, -0.25) is 14.8 Å². The number of rotatable bonds is 7. The van der Waals surface area contributed by atoms with Crippen LogP contribution in [0.15, 0.2) is 6.07 Å². The number of aromatic amines is 1. The van der Waals surface area contributed by atoms with Gasteiger partial charge in [-0.05, 0) is 19.0 Å². The van der Waals surface area contributed by atoms with E-state index < -0.39 is 0 Å². The fourth-order valence-corrected chi connectivity index (χ4v) is 2.62. The summed E-state index contributed by atoms with van der Waals surface area (Å²) in [5.74, 6) is -0.0826. The average Bonchev–Trinajstić information content (AvgIpc) is 2.97. The number of H-pyrrole nitrogens is 1. The quantitative estimate of drug-likeness (QED) is 0.778. The molecular weight excluding hydrogens is 266 g/mol. The maximum absolute atomic E-state index is 12.0. The van der Waals surface area contributed by atoms with Gasteiger partial charge in [0.15, 0.2) is 0 Å². The highest BCUT2D eigenvalue weighted by Gasteiger charge is 2.15. The highest BCUT2D eigenvalue weighted by Crippen LogP contribution is 2.03. The summed E-state index contributed by atoms with van der Waals surface area (Å²) >= 11 is 0. The summed E-state index contributed by atoms with van der Waals surface area (Å²) in [7, 11) is 0. The van der Waals surface area contributed by atoms with E-state index in [0.29, 0.717) is 12.2 Å². The molecule has 118 valence electrons. The number of likely N-dealkylation sites (N-methyl/N-ethyl adjacent to an activating group) is 1. The Kier molecular flexibility index (Phi) is 6.20. The molecular formula is C15H27N5O. The van der Waals surface area contributed by atoms with E-state index in [9.17, 15) is 4.79 Å². The van der Waals surface area contributed by atoms with Crippen molar-refractivity contribution in [1.82, 2.24) is 25.3 Å². The van der Waals surface area contributed by atoms with Crippen molar-refractivity contribution >= 4 is 5.91 Å². The van der Waals surface area contributed by atoms with Crippen molar-refractivity contribution in [3.05, 3.63) is 17.5 Å². The van der Waals surface area contributed by atoms with Gasteiger partial charge in [-0.1, -0.05) is 20.3 Å². The first kappa shape index (κ1) is 16.0. The molecule has 1 aliphatic heterocycles. The van der Waals surface area contributed by atoms with Crippen LogP contribution in [0, 0.1) is 0 Å². The molecule has 0 saturated carbocycles. The molecule has 6 nitrogen and oxygen atoms in total. The van der Waals surface area contributed by atoms with E-state index in [-0.39, 0.29) is 5.91 Å². The van der Waals surface area contributed by atoms with Crippen LogP contribution in [-0.4, -0.2) is 71.7 Å². The van der Waals surface area contributed by atoms with Crippen LogP contribution in [0.25, 0.3) is 0 Å². The van der Waals surface area contributed by atoms with Crippen molar-refractivity contribution in [3.63, 3.8) is 0 Å². The maximum atomic E-state index is 12.0. The molecule has 1 aromatic rings. The standard InChI is InChI=1S/C15H27N5O/c1-3-5-13-12-14(18-17-13)15(21)16-6-7-20-10-8-19(4-2)9-11-20/h12H,3-11H2,1-2H3,(H,16,21)(H,17,18). The molecule has 0 spiro atoms. The fourth-order valence-electron chi connectivity index (χ4n) is 2.62. The van der Waals surface area contributed by atoms with Crippen LogP contribution in [0.2, 0.25) is 0 Å². The molecule has 6 heteroatoms. The SMILES string of the molecule is CCCc1cc(C(=O)NCCN2CCN(CC)CC2)n[nH]1. The molecule has 0 aliphatic carbocycles. The molecule has 1 saturated heterocycles. The highest BCUT2D eigenvalue weighted by molar-refractivity contribution is 5.92. The summed E-state index contributed by atoms with van der Waals surface area (Å²) < 4.78 is 0. The molecule has 0 radical (unpaired) electrons. The number of aromatic nitrogens is 2. The van der Waals surface area contributed by atoms with Gasteiger partial charge in [0, 0.05) is 45.0 Å². The molecule has 2 N–H and O–H groups in total. The molecule has 1 aromatic heterocycles. The molecule has 1 fully saturated rings. The largest absolute Gasteiger partial charge is 0.349 e. The Morgan fingerprint density at radius 2 is 2.00 bits per heavy atom. The molecule has 0 bridgehead atoms. The maximum Gasteiger partial charge on any atom is 0.271 e. The minimum Gasteiger partial charge on any atom is -0.349 e. The van der Waals surface area contributed by atoms with Crippen LogP contribution in [0.5, 0.6) is 0 Å². The second-order valence-electron chi connectivity index (χ2n) is 5.56. The fraction of sp³-hybridized carbons (Fsp3) is 0.733. The van der Waals surface area contributed by atoms with Crippen LogP contribution in [0.4, 0.5) is 0 Å². The van der Waals surface area contributed by atoms with Gasteiger partial charge in [-0.15, -0.1) is 0 Å². The second-order valence-corrected chi connectivity index (χ2v) is 5.56. The Labute approximate surface area is 126 Å². The van der Waals surface area contributed by atoms with Crippen molar-refractivity contribution in [2.75, 3.05) is 45.8 Å². The van der Waals surface area contributed by atoms with Gasteiger partial charge in [0.1, 0.15) is 5.69 Å². The molecule has 0 unspecified atom stereocenters. The zero-order valence-corrected chi connectivity index (χ0v) is 13.2. The number of hydrogen-bond donors (Lipinski definition) is 2. The third kappa shape index (κ3) is 4.82. The molecule has 1 amide bonds. The Bertz CT molecular complexity index is 437. The lowest BCUT2D eigenvalue weighted by molar-refractivity contribution is 0.0933. The van der Waals surface area contributed by atoms with Gasteiger partial charge >= 0.3 is 0 Å². The number of nitrogens with one attached hydrogen (secondary N) is 2. The number of aryl methyl sites for hydroxylation is 1. The Balaban J connectivity index is 1.67. The van der Waals surface area contributed by atoms with Gasteiger partial charge in [-0.2, -0.15) is 5.10 Å². The van der Waals surface area contributed by atoms with Crippen LogP contribution < -0.4 is 5.32 Å². The van der Waals surface area contributed by atoms with E-state index in [1.165, 1.54) is 0 Å². The first-order valence-corrected chi connectivity index (χ1v) is 8.00. The topological polar surface area (TPSA) is 64.3 Å². The van der Waals surface area contributed by atoms with E-state index in [1.807, 2.05) is 6.07 Å². The number of piperazine rings is 1. The van der Waals surface area contributed by atoms with Crippen LogP contribution in [-0.2, 0) is 6.42 Å². The summed E-state index contributed by atoms with van der Waals surface area (Å²) in [6.07, 6.45) is 1.98. The number of nitrogens with zero attached hydrogens (tertiary/aromatic N) is 3. The third-order valence-corrected chi connectivity index (χ3v) is 4.01. The van der Waals surface area contributed by atoms with Gasteiger partial charge in [0.25, 0.3) is 5.91 Å². The zero-order chi connectivity index (χ0) is 15.1. The van der Waals surface area contributed by atoms with E-state index in [1.54, 1.807) is 0 Å². The third-order valence-electron chi connectivity index (χ3n) is 4.01. The van der Waals surface area contributed by atoms with Crippen molar-refractivity contribution in [2.24, 2.45) is 0 Å². The Hall–Kier alpha value is -1.40. The second kappa shape index (κ2) is 8.14. The lowest BCUT2D eigenvalue weighted by atomic mass is 10.2. The molecule has 2 heterocycles. The van der Waals surface area contributed by atoms with E-state index in [2.05, 4.69) is 39.2 Å². The van der Waals surface area contributed by atoms with E-state index >= 15 is 0 Å². The predicted molar refractivity (Wildman–Crippen MR) is 83.5 cm³/mol. The van der Waals surface area contributed by atoms with Crippen LogP contribution in [0.3, 0.4) is 0 Å². The first-order valence-electron chi connectivity index (χ1n) is 8.00.